The van der Waals surface area contributed by atoms with Gasteiger partial charge in [0.05, 0.1) is 5.56 Å². The van der Waals surface area contributed by atoms with E-state index in [0.29, 0.717) is 15.9 Å². The quantitative estimate of drug-likeness (QED) is 0.507. The van der Waals surface area contributed by atoms with Crippen LogP contribution in [0.3, 0.4) is 0 Å². The van der Waals surface area contributed by atoms with Crippen molar-refractivity contribution in [1.29, 1.82) is 0 Å². The summed E-state index contributed by atoms with van der Waals surface area (Å²) in [5, 5.41) is 0.520. The second-order valence-electron chi connectivity index (χ2n) is 5.51. The summed E-state index contributed by atoms with van der Waals surface area (Å²) >= 11 is 0. The summed E-state index contributed by atoms with van der Waals surface area (Å²) < 4.78 is 57.1. The van der Waals surface area contributed by atoms with Crippen molar-refractivity contribution in [2.45, 2.75) is 6.18 Å². The van der Waals surface area contributed by atoms with Crippen molar-refractivity contribution < 1.29 is 26.8 Å². The minimum Gasteiger partial charge on any atom is -0.422 e. The molecule has 0 unspecified atom stereocenters. The molecule has 0 aliphatic heterocycles. The third kappa shape index (κ3) is 3.17. The SMILES string of the molecule is CN(C(=O)C(F)(F)F)c1ccc(F)c(-c2cc3ccccc3oc2=O)c1. The average Bonchev–Trinajstić information content (AvgIpc) is 2.59. The normalized spacial score (nSPS) is 11.6. The van der Waals surface area contributed by atoms with E-state index in [1.54, 1.807) is 24.3 Å². The first-order chi connectivity index (χ1) is 12.2. The van der Waals surface area contributed by atoms with Crippen LogP contribution in [-0.2, 0) is 4.79 Å². The molecule has 3 aromatic rings. The van der Waals surface area contributed by atoms with Crippen LogP contribution in [-0.4, -0.2) is 19.1 Å². The van der Waals surface area contributed by atoms with E-state index in [0.717, 1.165) is 25.2 Å². The van der Waals surface area contributed by atoms with Gasteiger partial charge in [-0.1, -0.05) is 18.2 Å². The lowest BCUT2D eigenvalue weighted by molar-refractivity contribution is -0.170. The molecule has 3 rings (SSSR count). The Hall–Kier alpha value is -3.16. The number of hydrogen-bond acceptors (Lipinski definition) is 3. The fourth-order valence-corrected chi connectivity index (χ4v) is 2.49. The van der Waals surface area contributed by atoms with E-state index in [9.17, 15) is 27.2 Å². The molecular weight excluding hydrogens is 354 g/mol. The van der Waals surface area contributed by atoms with Crippen LogP contribution in [0.25, 0.3) is 22.1 Å². The highest BCUT2D eigenvalue weighted by molar-refractivity contribution is 5.97. The van der Waals surface area contributed by atoms with Crippen molar-refractivity contribution in [3.05, 3.63) is 64.8 Å². The Labute approximate surface area is 144 Å². The van der Waals surface area contributed by atoms with Crippen LogP contribution in [0, 0.1) is 5.82 Å². The summed E-state index contributed by atoms with van der Waals surface area (Å²) in [4.78, 5) is 23.9. The number of hydrogen-bond donors (Lipinski definition) is 0. The number of carbonyl (C=O) groups excluding carboxylic acids is 1. The zero-order valence-electron chi connectivity index (χ0n) is 13.3. The molecule has 1 amide bonds. The summed E-state index contributed by atoms with van der Waals surface area (Å²) in [6, 6.07) is 10.8. The molecule has 0 aliphatic rings. The molecule has 26 heavy (non-hydrogen) atoms. The van der Waals surface area contributed by atoms with Crippen LogP contribution in [0.4, 0.5) is 23.2 Å². The number of nitrogens with zero attached hydrogens (tertiary/aromatic N) is 1. The van der Waals surface area contributed by atoms with Crippen LogP contribution in [0.1, 0.15) is 0 Å². The third-order valence-electron chi connectivity index (χ3n) is 3.82. The van der Waals surface area contributed by atoms with Gasteiger partial charge in [-0.25, -0.2) is 9.18 Å². The van der Waals surface area contributed by atoms with Gasteiger partial charge in [-0.2, -0.15) is 13.2 Å². The summed E-state index contributed by atoms with van der Waals surface area (Å²) in [6.45, 7) is 0. The van der Waals surface area contributed by atoms with Gasteiger partial charge >= 0.3 is 17.7 Å². The van der Waals surface area contributed by atoms with Gasteiger partial charge in [-0.3, -0.25) is 4.79 Å². The summed E-state index contributed by atoms with van der Waals surface area (Å²) in [5.74, 6) is -2.94. The molecule has 0 spiro atoms. The molecule has 0 atom stereocenters. The number of anilines is 1. The molecule has 0 radical (unpaired) electrons. The Balaban J connectivity index is 2.13. The standard InChI is InChI=1S/C18H11F4NO3/c1-23(17(25)18(20,21)22)11-6-7-14(19)12(9-11)13-8-10-4-2-3-5-15(10)26-16(13)24/h2-9H,1H3. The highest BCUT2D eigenvalue weighted by Gasteiger charge is 2.41. The minimum absolute atomic E-state index is 0.157. The molecule has 1 heterocycles. The van der Waals surface area contributed by atoms with Crippen LogP contribution < -0.4 is 10.5 Å². The number of fused-ring (bicyclic) bond motifs is 1. The van der Waals surface area contributed by atoms with E-state index in [2.05, 4.69) is 0 Å². The summed E-state index contributed by atoms with van der Waals surface area (Å²) in [5.41, 5.74) is -1.18. The number of amides is 1. The number of benzene rings is 2. The van der Waals surface area contributed by atoms with Gasteiger partial charge in [0.2, 0.25) is 0 Å². The molecule has 8 heteroatoms. The molecule has 1 aromatic heterocycles. The van der Waals surface area contributed by atoms with Crippen molar-refractivity contribution >= 4 is 22.6 Å². The lowest BCUT2D eigenvalue weighted by Crippen LogP contribution is -2.38. The lowest BCUT2D eigenvalue weighted by atomic mass is 10.0. The van der Waals surface area contributed by atoms with Crippen molar-refractivity contribution in [2.24, 2.45) is 0 Å². The number of alkyl halides is 3. The van der Waals surface area contributed by atoms with Crippen molar-refractivity contribution in [1.82, 2.24) is 0 Å². The van der Waals surface area contributed by atoms with Crippen LogP contribution >= 0.6 is 0 Å². The topological polar surface area (TPSA) is 50.5 Å². The molecule has 2 aromatic carbocycles. The maximum Gasteiger partial charge on any atom is 0.471 e. The molecule has 0 saturated heterocycles. The highest BCUT2D eigenvalue weighted by Crippen LogP contribution is 2.29. The highest BCUT2D eigenvalue weighted by atomic mass is 19.4. The largest absolute Gasteiger partial charge is 0.471 e. The van der Waals surface area contributed by atoms with Crippen molar-refractivity contribution in [3.63, 3.8) is 0 Å². The maximum atomic E-state index is 14.2. The fraction of sp³-hybridized carbons (Fsp3) is 0.111. The van der Waals surface area contributed by atoms with E-state index in [4.69, 9.17) is 4.42 Å². The number of rotatable bonds is 2. The van der Waals surface area contributed by atoms with E-state index in [-0.39, 0.29) is 16.8 Å². The first-order valence-electron chi connectivity index (χ1n) is 7.36. The molecule has 0 N–H and O–H groups in total. The van der Waals surface area contributed by atoms with Crippen LogP contribution in [0.2, 0.25) is 0 Å². The van der Waals surface area contributed by atoms with E-state index in [1.165, 1.54) is 6.07 Å². The minimum atomic E-state index is -5.08. The maximum absolute atomic E-state index is 14.2. The second kappa shape index (κ2) is 6.29. The smallest absolute Gasteiger partial charge is 0.422 e. The van der Waals surface area contributed by atoms with Gasteiger partial charge < -0.3 is 9.32 Å². The Morgan fingerprint density at radius 3 is 2.42 bits per heavy atom. The Morgan fingerprint density at radius 1 is 1.04 bits per heavy atom. The molecule has 0 saturated carbocycles. The molecular formula is C18H11F4NO3. The number of halogens is 4. The van der Waals surface area contributed by atoms with Crippen molar-refractivity contribution in [3.8, 4) is 11.1 Å². The monoisotopic (exact) mass is 365 g/mol. The fourth-order valence-electron chi connectivity index (χ4n) is 2.49. The molecule has 0 bridgehead atoms. The van der Waals surface area contributed by atoms with Crippen LogP contribution in [0.5, 0.6) is 0 Å². The zero-order valence-corrected chi connectivity index (χ0v) is 13.3. The zero-order chi connectivity index (χ0) is 19.1. The Bertz CT molecular complexity index is 1060. The van der Waals surface area contributed by atoms with Crippen molar-refractivity contribution in [2.75, 3.05) is 11.9 Å². The van der Waals surface area contributed by atoms with E-state index in [1.807, 2.05) is 0 Å². The third-order valence-corrected chi connectivity index (χ3v) is 3.82. The second-order valence-corrected chi connectivity index (χ2v) is 5.51. The predicted molar refractivity (Wildman–Crippen MR) is 87.3 cm³/mol. The van der Waals surface area contributed by atoms with Crippen LogP contribution in [0.15, 0.2) is 57.7 Å². The Kier molecular flexibility index (Phi) is 4.27. The van der Waals surface area contributed by atoms with E-state index < -0.39 is 23.5 Å². The predicted octanol–water partition coefficient (Wildman–Crippen LogP) is 4.12. The molecule has 4 nitrogen and oxygen atoms in total. The van der Waals surface area contributed by atoms with Gasteiger partial charge in [0, 0.05) is 23.7 Å². The molecule has 0 aliphatic carbocycles. The first-order valence-corrected chi connectivity index (χ1v) is 7.36. The van der Waals surface area contributed by atoms with Gasteiger partial charge in [0.25, 0.3) is 0 Å². The first kappa shape index (κ1) is 17.7. The van der Waals surface area contributed by atoms with E-state index >= 15 is 0 Å². The molecule has 0 fully saturated rings. The molecule has 134 valence electrons. The Morgan fingerprint density at radius 2 is 1.73 bits per heavy atom. The van der Waals surface area contributed by atoms with Gasteiger partial charge in [0.15, 0.2) is 0 Å². The summed E-state index contributed by atoms with van der Waals surface area (Å²) in [6.07, 6.45) is -5.08. The number of para-hydroxylation sites is 1. The van der Waals surface area contributed by atoms with Gasteiger partial charge in [0.1, 0.15) is 11.4 Å². The number of carbonyl (C=O) groups is 1. The van der Waals surface area contributed by atoms with Gasteiger partial charge in [-0.15, -0.1) is 0 Å². The van der Waals surface area contributed by atoms with Gasteiger partial charge in [-0.05, 0) is 30.3 Å². The summed E-state index contributed by atoms with van der Waals surface area (Å²) in [7, 11) is 0.912. The lowest BCUT2D eigenvalue weighted by Gasteiger charge is -2.19. The average molecular weight is 365 g/mol.